The Morgan fingerprint density at radius 2 is 1.47 bits per heavy atom. The van der Waals surface area contributed by atoms with Gasteiger partial charge in [0.15, 0.2) is 11.6 Å². The van der Waals surface area contributed by atoms with Crippen LogP contribution in [0.1, 0.15) is 17.2 Å². The molecule has 2 rings (SSSR count). The molecule has 0 saturated heterocycles. The zero-order valence-electron chi connectivity index (χ0n) is 9.30. The van der Waals surface area contributed by atoms with E-state index < -0.39 is 34.9 Å². The van der Waals surface area contributed by atoms with Gasteiger partial charge in [-0.05, 0) is 34.1 Å². The van der Waals surface area contributed by atoms with Gasteiger partial charge in [-0.3, -0.25) is 0 Å². The molecule has 1 atom stereocenters. The minimum absolute atomic E-state index is 0.164. The topological polar surface area (TPSA) is 20.2 Å². The highest BCUT2D eigenvalue weighted by Gasteiger charge is 2.23. The van der Waals surface area contributed by atoms with Gasteiger partial charge in [-0.1, -0.05) is 12.1 Å². The van der Waals surface area contributed by atoms with Crippen LogP contribution in [0.25, 0.3) is 0 Å². The molecule has 0 aromatic heterocycles. The van der Waals surface area contributed by atoms with Crippen molar-refractivity contribution in [1.82, 2.24) is 0 Å². The summed E-state index contributed by atoms with van der Waals surface area (Å²) >= 11 is 2.76. The highest BCUT2D eigenvalue weighted by molar-refractivity contribution is 9.10. The maximum absolute atomic E-state index is 13.5. The second kappa shape index (κ2) is 5.30. The monoisotopic (exact) mass is 334 g/mol. The molecule has 0 saturated carbocycles. The quantitative estimate of drug-likeness (QED) is 0.648. The SMILES string of the molecule is OC(c1ccc(F)c(F)c1Br)c1c(F)cccc1F. The lowest BCUT2D eigenvalue weighted by Gasteiger charge is -2.15. The molecule has 0 spiro atoms. The van der Waals surface area contributed by atoms with Crippen LogP contribution in [-0.4, -0.2) is 5.11 Å². The summed E-state index contributed by atoms with van der Waals surface area (Å²) in [5.74, 6) is -4.29. The number of aliphatic hydroxyl groups excluding tert-OH is 1. The summed E-state index contributed by atoms with van der Waals surface area (Å²) < 4.78 is 53.0. The normalized spacial score (nSPS) is 12.5. The number of aliphatic hydroxyl groups is 1. The molecule has 19 heavy (non-hydrogen) atoms. The Bertz CT molecular complexity index is 610. The van der Waals surface area contributed by atoms with E-state index in [1.807, 2.05) is 0 Å². The smallest absolute Gasteiger partial charge is 0.173 e. The van der Waals surface area contributed by atoms with Gasteiger partial charge in [0.05, 0.1) is 10.0 Å². The van der Waals surface area contributed by atoms with Crippen LogP contribution in [-0.2, 0) is 0 Å². The molecule has 0 aliphatic heterocycles. The number of halogens is 5. The Balaban J connectivity index is 2.57. The van der Waals surface area contributed by atoms with Gasteiger partial charge in [0.25, 0.3) is 0 Å². The molecule has 0 aliphatic rings. The largest absolute Gasteiger partial charge is 0.383 e. The van der Waals surface area contributed by atoms with Crippen LogP contribution in [0.15, 0.2) is 34.8 Å². The van der Waals surface area contributed by atoms with Crippen LogP contribution >= 0.6 is 15.9 Å². The zero-order valence-corrected chi connectivity index (χ0v) is 10.9. The Labute approximate surface area is 114 Å². The molecular weight excluding hydrogens is 328 g/mol. The summed E-state index contributed by atoms with van der Waals surface area (Å²) in [5, 5.41) is 9.95. The maximum atomic E-state index is 13.5. The minimum atomic E-state index is -1.74. The summed E-state index contributed by atoms with van der Waals surface area (Å²) in [6, 6.07) is 4.91. The van der Waals surface area contributed by atoms with Crippen molar-refractivity contribution >= 4 is 15.9 Å². The van der Waals surface area contributed by atoms with Gasteiger partial charge in [0, 0.05) is 5.56 Å². The Morgan fingerprint density at radius 3 is 2.05 bits per heavy atom. The van der Waals surface area contributed by atoms with Crippen molar-refractivity contribution in [2.24, 2.45) is 0 Å². The van der Waals surface area contributed by atoms with Gasteiger partial charge in [-0.2, -0.15) is 0 Å². The lowest BCUT2D eigenvalue weighted by atomic mass is 10.0. The van der Waals surface area contributed by atoms with Crippen molar-refractivity contribution in [2.45, 2.75) is 6.10 Å². The highest BCUT2D eigenvalue weighted by Crippen LogP contribution is 2.33. The van der Waals surface area contributed by atoms with Gasteiger partial charge in [-0.15, -0.1) is 0 Å². The van der Waals surface area contributed by atoms with E-state index in [9.17, 15) is 22.7 Å². The maximum Gasteiger partial charge on any atom is 0.173 e. The molecule has 0 bridgehead atoms. The first-order chi connectivity index (χ1) is 8.93. The van der Waals surface area contributed by atoms with E-state index in [2.05, 4.69) is 15.9 Å². The van der Waals surface area contributed by atoms with Crippen molar-refractivity contribution in [3.63, 3.8) is 0 Å². The average Bonchev–Trinajstić information content (AvgIpc) is 2.35. The van der Waals surface area contributed by atoms with Gasteiger partial charge >= 0.3 is 0 Å². The van der Waals surface area contributed by atoms with Gasteiger partial charge in [0.2, 0.25) is 0 Å². The second-order valence-electron chi connectivity index (χ2n) is 3.80. The fourth-order valence-corrected chi connectivity index (χ4v) is 2.22. The molecule has 0 fully saturated rings. The van der Waals surface area contributed by atoms with Crippen LogP contribution in [0.3, 0.4) is 0 Å². The molecule has 1 nitrogen and oxygen atoms in total. The van der Waals surface area contributed by atoms with E-state index in [0.29, 0.717) is 0 Å². The van der Waals surface area contributed by atoms with Gasteiger partial charge in [-0.25, -0.2) is 17.6 Å². The molecule has 1 N–H and O–H groups in total. The van der Waals surface area contributed by atoms with Crippen molar-refractivity contribution in [3.05, 3.63) is 69.2 Å². The predicted molar refractivity (Wildman–Crippen MR) is 64.5 cm³/mol. The molecular formula is C13H7BrF4O. The average molecular weight is 335 g/mol. The van der Waals surface area contributed by atoms with E-state index >= 15 is 0 Å². The summed E-state index contributed by atoms with van der Waals surface area (Å²) in [4.78, 5) is 0. The van der Waals surface area contributed by atoms with Crippen molar-refractivity contribution in [2.75, 3.05) is 0 Å². The summed E-state index contributed by atoms with van der Waals surface area (Å²) in [7, 11) is 0. The van der Waals surface area contributed by atoms with Crippen molar-refractivity contribution in [3.8, 4) is 0 Å². The summed E-state index contributed by atoms with van der Waals surface area (Å²) in [6.07, 6.45) is -1.74. The fraction of sp³-hybridized carbons (Fsp3) is 0.0769. The molecule has 0 heterocycles. The van der Waals surface area contributed by atoms with Crippen molar-refractivity contribution < 1.29 is 22.7 Å². The van der Waals surface area contributed by atoms with E-state index in [1.165, 1.54) is 0 Å². The van der Waals surface area contributed by atoms with E-state index in [4.69, 9.17) is 0 Å². The van der Waals surface area contributed by atoms with Crippen molar-refractivity contribution in [1.29, 1.82) is 0 Å². The van der Waals surface area contributed by atoms with E-state index in [0.717, 1.165) is 30.3 Å². The fourth-order valence-electron chi connectivity index (χ4n) is 1.68. The third-order valence-electron chi connectivity index (χ3n) is 2.63. The molecule has 0 radical (unpaired) electrons. The first kappa shape index (κ1) is 14.0. The van der Waals surface area contributed by atoms with Gasteiger partial charge in [0.1, 0.15) is 17.7 Å². The van der Waals surface area contributed by atoms with E-state index in [-0.39, 0.29) is 10.0 Å². The van der Waals surface area contributed by atoms with Crippen LogP contribution in [0.5, 0.6) is 0 Å². The number of hydrogen-bond donors (Lipinski definition) is 1. The number of rotatable bonds is 2. The zero-order chi connectivity index (χ0) is 14.2. The molecule has 2 aromatic carbocycles. The second-order valence-corrected chi connectivity index (χ2v) is 4.60. The standard InChI is InChI=1S/C13H7BrF4O/c14-11-6(4-5-9(17)12(11)18)13(19)10-7(15)2-1-3-8(10)16/h1-5,13,19H. The predicted octanol–water partition coefficient (Wildman–Crippen LogP) is 4.09. The molecule has 0 amide bonds. The van der Waals surface area contributed by atoms with E-state index in [1.54, 1.807) is 0 Å². The Kier molecular flexibility index (Phi) is 3.91. The highest BCUT2D eigenvalue weighted by atomic mass is 79.9. The number of benzene rings is 2. The molecule has 100 valence electrons. The number of hydrogen-bond acceptors (Lipinski definition) is 1. The van der Waals surface area contributed by atoms with Crippen LogP contribution in [0.2, 0.25) is 0 Å². The first-order valence-electron chi connectivity index (χ1n) is 5.19. The van der Waals surface area contributed by atoms with Crippen LogP contribution in [0, 0.1) is 23.3 Å². The summed E-state index contributed by atoms with van der Waals surface area (Å²) in [6.45, 7) is 0. The van der Waals surface area contributed by atoms with Crippen LogP contribution in [0.4, 0.5) is 17.6 Å². The minimum Gasteiger partial charge on any atom is -0.383 e. The first-order valence-corrected chi connectivity index (χ1v) is 5.98. The molecule has 6 heteroatoms. The summed E-state index contributed by atoms with van der Waals surface area (Å²) in [5.41, 5.74) is -0.780. The molecule has 0 aliphatic carbocycles. The Hall–Kier alpha value is -1.40. The Morgan fingerprint density at radius 1 is 0.895 bits per heavy atom. The molecule has 2 aromatic rings. The third-order valence-corrected chi connectivity index (χ3v) is 3.44. The lowest BCUT2D eigenvalue weighted by molar-refractivity contribution is 0.207. The van der Waals surface area contributed by atoms with Gasteiger partial charge < -0.3 is 5.11 Å². The third kappa shape index (κ3) is 2.50. The lowest BCUT2D eigenvalue weighted by Crippen LogP contribution is -2.07. The molecule has 1 unspecified atom stereocenters. The van der Waals surface area contributed by atoms with Crippen LogP contribution < -0.4 is 0 Å².